The Morgan fingerprint density at radius 3 is 2.73 bits per heavy atom. The molecule has 1 aromatic heterocycles. The van der Waals surface area contributed by atoms with E-state index < -0.39 is 0 Å². The molecule has 0 fully saturated rings. The summed E-state index contributed by atoms with van der Waals surface area (Å²) < 4.78 is 5.25. The van der Waals surface area contributed by atoms with Gasteiger partial charge in [-0.25, -0.2) is 0 Å². The fraction of sp³-hybridized carbons (Fsp3) is 0.250. The molecule has 0 saturated carbocycles. The molecule has 0 bridgehead atoms. The maximum Gasteiger partial charge on any atom is 0.252 e. The lowest BCUT2D eigenvalue weighted by Gasteiger charge is -2.09. The van der Waals surface area contributed by atoms with E-state index in [0.717, 1.165) is 11.3 Å². The first-order valence-corrected chi connectivity index (χ1v) is 7.84. The molecule has 1 aromatic carbocycles. The van der Waals surface area contributed by atoms with Crippen molar-refractivity contribution in [3.8, 4) is 5.75 Å². The molecule has 2 N–H and O–H groups in total. The van der Waals surface area contributed by atoms with Gasteiger partial charge in [0.25, 0.3) is 5.91 Å². The number of ether oxygens (including phenoxy) is 1. The van der Waals surface area contributed by atoms with Crippen LogP contribution in [0.1, 0.15) is 15.9 Å². The van der Waals surface area contributed by atoms with Crippen molar-refractivity contribution in [2.24, 2.45) is 0 Å². The molecule has 6 heteroatoms. The highest BCUT2D eigenvalue weighted by Gasteiger charge is 2.08. The first kappa shape index (κ1) is 16.0. The maximum absolute atomic E-state index is 11.7. The number of hydrogen-bond acceptors (Lipinski definition) is 4. The fourth-order valence-electron chi connectivity index (χ4n) is 1.96. The third-order valence-corrected chi connectivity index (χ3v) is 3.79. The van der Waals surface area contributed by atoms with E-state index in [9.17, 15) is 9.59 Å². The number of benzene rings is 1. The van der Waals surface area contributed by atoms with E-state index in [1.165, 1.54) is 11.3 Å². The summed E-state index contributed by atoms with van der Waals surface area (Å²) in [6.07, 6.45) is 0.675. The van der Waals surface area contributed by atoms with E-state index in [1.54, 1.807) is 18.6 Å². The summed E-state index contributed by atoms with van der Waals surface area (Å²) in [5, 5.41) is 8.93. The maximum atomic E-state index is 11.7. The summed E-state index contributed by atoms with van der Waals surface area (Å²) in [4.78, 5) is 23.4. The number of hydrogen-bond donors (Lipinski definition) is 2. The monoisotopic (exact) mass is 318 g/mol. The van der Waals surface area contributed by atoms with Gasteiger partial charge in [0.1, 0.15) is 5.75 Å². The SMILES string of the molecule is COc1ccccc1CCNC(=O)CNC(=O)c1ccsc1. The van der Waals surface area contributed by atoms with Crippen molar-refractivity contribution < 1.29 is 14.3 Å². The number of rotatable bonds is 7. The summed E-state index contributed by atoms with van der Waals surface area (Å²) in [5.74, 6) is 0.363. The van der Waals surface area contributed by atoms with Gasteiger partial charge in [0.2, 0.25) is 5.91 Å². The zero-order valence-electron chi connectivity index (χ0n) is 12.3. The van der Waals surface area contributed by atoms with Gasteiger partial charge in [-0.3, -0.25) is 9.59 Å². The Labute approximate surface area is 133 Å². The molecule has 2 rings (SSSR count). The van der Waals surface area contributed by atoms with Crippen molar-refractivity contribution in [2.75, 3.05) is 20.2 Å². The molecule has 0 spiro atoms. The molecule has 0 radical (unpaired) electrons. The number of thiophene rings is 1. The number of para-hydroxylation sites is 1. The molecular weight excluding hydrogens is 300 g/mol. The molecule has 22 heavy (non-hydrogen) atoms. The van der Waals surface area contributed by atoms with Crippen LogP contribution in [-0.2, 0) is 11.2 Å². The molecule has 0 aliphatic carbocycles. The highest BCUT2D eigenvalue weighted by Crippen LogP contribution is 2.17. The average molecular weight is 318 g/mol. The molecule has 5 nitrogen and oxygen atoms in total. The lowest BCUT2D eigenvalue weighted by Crippen LogP contribution is -2.37. The average Bonchev–Trinajstić information content (AvgIpc) is 3.07. The van der Waals surface area contributed by atoms with Gasteiger partial charge in [0.15, 0.2) is 0 Å². The van der Waals surface area contributed by atoms with Crippen LogP contribution in [0, 0.1) is 0 Å². The number of nitrogens with one attached hydrogen (secondary N) is 2. The molecule has 1 heterocycles. The molecule has 116 valence electrons. The predicted octanol–water partition coefficient (Wildman–Crippen LogP) is 1.85. The van der Waals surface area contributed by atoms with E-state index in [0.29, 0.717) is 18.5 Å². The van der Waals surface area contributed by atoms with E-state index >= 15 is 0 Å². The van der Waals surface area contributed by atoms with Crippen molar-refractivity contribution in [3.63, 3.8) is 0 Å². The van der Waals surface area contributed by atoms with Crippen molar-refractivity contribution in [1.82, 2.24) is 10.6 Å². The Kier molecular flexibility index (Phi) is 5.97. The Morgan fingerprint density at radius 1 is 1.18 bits per heavy atom. The van der Waals surface area contributed by atoms with Gasteiger partial charge in [-0.15, -0.1) is 0 Å². The standard InChI is InChI=1S/C16H18N2O3S/c1-21-14-5-3-2-4-12(14)6-8-17-15(19)10-18-16(20)13-7-9-22-11-13/h2-5,7,9,11H,6,8,10H2,1H3,(H,17,19)(H,18,20). The largest absolute Gasteiger partial charge is 0.496 e. The zero-order chi connectivity index (χ0) is 15.8. The van der Waals surface area contributed by atoms with Crippen LogP contribution in [-0.4, -0.2) is 32.0 Å². The molecule has 0 unspecified atom stereocenters. The summed E-state index contributed by atoms with van der Waals surface area (Å²) in [6, 6.07) is 9.41. The van der Waals surface area contributed by atoms with Crippen molar-refractivity contribution in [2.45, 2.75) is 6.42 Å². The summed E-state index contributed by atoms with van der Waals surface area (Å²) in [7, 11) is 1.62. The molecule has 0 atom stereocenters. The minimum absolute atomic E-state index is 0.0272. The minimum atomic E-state index is -0.235. The lowest BCUT2D eigenvalue weighted by atomic mass is 10.1. The van der Waals surface area contributed by atoms with E-state index in [2.05, 4.69) is 10.6 Å². The third kappa shape index (κ3) is 4.60. The number of carbonyl (C=O) groups is 2. The first-order valence-electron chi connectivity index (χ1n) is 6.89. The van der Waals surface area contributed by atoms with Gasteiger partial charge in [0, 0.05) is 17.5 Å². The topological polar surface area (TPSA) is 67.4 Å². The molecule has 2 aromatic rings. The Bertz CT molecular complexity index is 626. The van der Waals surface area contributed by atoms with Gasteiger partial charge in [-0.2, -0.15) is 11.3 Å². The number of carbonyl (C=O) groups excluding carboxylic acids is 2. The van der Waals surface area contributed by atoms with Gasteiger partial charge < -0.3 is 15.4 Å². The van der Waals surface area contributed by atoms with Crippen molar-refractivity contribution in [1.29, 1.82) is 0 Å². The molecule has 0 aliphatic rings. The Balaban J connectivity index is 1.71. The van der Waals surface area contributed by atoms with Crippen LogP contribution < -0.4 is 15.4 Å². The summed E-state index contributed by atoms with van der Waals surface area (Å²) >= 11 is 1.44. The van der Waals surface area contributed by atoms with Crippen molar-refractivity contribution >= 4 is 23.2 Å². The van der Waals surface area contributed by atoms with Crippen LogP contribution in [0.2, 0.25) is 0 Å². The van der Waals surface area contributed by atoms with Crippen LogP contribution in [0.4, 0.5) is 0 Å². The number of methoxy groups -OCH3 is 1. The second kappa shape index (κ2) is 8.19. The van der Waals surface area contributed by atoms with Crippen molar-refractivity contribution in [3.05, 3.63) is 52.2 Å². The minimum Gasteiger partial charge on any atom is -0.496 e. The zero-order valence-corrected chi connectivity index (χ0v) is 13.1. The van der Waals surface area contributed by atoms with Crippen LogP contribution >= 0.6 is 11.3 Å². The third-order valence-electron chi connectivity index (χ3n) is 3.10. The van der Waals surface area contributed by atoms with Crippen LogP contribution in [0.5, 0.6) is 5.75 Å². The van der Waals surface area contributed by atoms with Gasteiger partial charge in [-0.1, -0.05) is 18.2 Å². The second-order valence-corrected chi connectivity index (χ2v) is 5.39. The van der Waals surface area contributed by atoms with E-state index in [1.807, 2.05) is 29.6 Å². The molecular formula is C16H18N2O3S. The lowest BCUT2D eigenvalue weighted by molar-refractivity contribution is -0.120. The molecule has 0 saturated heterocycles. The summed E-state index contributed by atoms with van der Waals surface area (Å²) in [6.45, 7) is 0.466. The van der Waals surface area contributed by atoms with Crippen LogP contribution in [0.15, 0.2) is 41.1 Å². The van der Waals surface area contributed by atoms with Gasteiger partial charge in [0.05, 0.1) is 13.7 Å². The fourth-order valence-corrected chi connectivity index (χ4v) is 2.60. The molecule has 0 aliphatic heterocycles. The smallest absolute Gasteiger partial charge is 0.252 e. The predicted molar refractivity (Wildman–Crippen MR) is 86.4 cm³/mol. The highest BCUT2D eigenvalue weighted by atomic mass is 32.1. The second-order valence-electron chi connectivity index (χ2n) is 4.61. The first-order chi connectivity index (χ1) is 10.7. The number of amides is 2. The van der Waals surface area contributed by atoms with Gasteiger partial charge >= 0.3 is 0 Å². The Hall–Kier alpha value is -2.34. The summed E-state index contributed by atoms with van der Waals surface area (Å²) in [5.41, 5.74) is 1.61. The Morgan fingerprint density at radius 2 is 2.00 bits per heavy atom. The van der Waals surface area contributed by atoms with Gasteiger partial charge in [-0.05, 0) is 29.5 Å². The van der Waals surface area contributed by atoms with Crippen LogP contribution in [0.25, 0.3) is 0 Å². The highest BCUT2D eigenvalue weighted by molar-refractivity contribution is 7.08. The molecule has 2 amide bonds. The quantitative estimate of drug-likeness (QED) is 0.818. The van der Waals surface area contributed by atoms with E-state index in [4.69, 9.17) is 4.74 Å². The van der Waals surface area contributed by atoms with E-state index in [-0.39, 0.29) is 18.4 Å². The van der Waals surface area contributed by atoms with Crippen LogP contribution in [0.3, 0.4) is 0 Å². The normalized spacial score (nSPS) is 10.0.